The third kappa shape index (κ3) is 5.58. The van der Waals surface area contributed by atoms with E-state index in [0.717, 1.165) is 17.8 Å². The zero-order chi connectivity index (χ0) is 20.1. The van der Waals surface area contributed by atoms with Gasteiger partial charge in [-0.15, -0.1) is 0 Å². The number of nitrogens with one attached hydrogen (secondary N) is 2. The number of nitrogen functional groups attached to an aromatic ring is 1. The summed E-state index contributed by atoms with van der Waals surface area (Å²) in [6, 6.07) is 3.14. The van der Waals surface area contributed by atoms with E-state index in [-0.39, 0.29) is 5.82 Å². The lowest BCUT2D eigenvalue weighted by atomic mass is 10.2. The second-order valence-corrected chi connectivity index (χ2v) is 6.77. The number of rotatable bonds is 6. The van der Waals surface area contributed by atoms with Gasteiger partial charge in [-0.2, -0.15) is 0 Å². The van der Waals surface area contributed by atoms with Gasteiger partial charge in [-0.05, 0) is 26.0 Å². The first kappa shape index (κ1) is 20.5. The monoisotopic (exact) mass is 399 g/mol. The Bertz CT molecular complexity index is 861. The molecule has 0 saturated carbocycles. The molecule has 2 amide bonds. The third-order valence-electron chi connectivity index (χ3n) is 3.24. The van der Waals surface area contributed by atoms with E-state index in [4.69, 9.17) is 5.73 Å². The number of carbonyl (C=O) groups excluding carboxylic acids is 2. The van der Waals surface area contributed by atoms with E-state index in [1.807, 2.05) is 0 Å². The van der Waals surface area contributed by atoms with Crippen LogP contribution in [0.15, 0.2) is 23.4 Å². The molecule has 0 bridgehead atoms. The normalized spacial score (nSPS) is 11.7. The summed E-state index contributed by atoms with van der Waals surface area (Å²) in [5.41, 5.74) is 5.73. The van der Waals surface area contributed by atoms with Gasteiger partial charge in [-0.1, -0.05) is 11.8 Å². The molecule has 11 heteroatoms. The van der Waals surface area contributed by atoms with Crippen LogP contribution in [0.1, 0.15) is 12.6 Å². The molecule has 1 aromatic carbocycles. The standard InChI is InChI=1S/C16H16F3N5O2S/c1-7-5-11(20)24-16(22-7)27-8(2)15(26)21-6-12(25)23-10-4-3-9(17)13(18)14(10)19/h3-5,8H,6H2,1-2H3,(H,21,26)(H,23,25)(H2,20,22,24)/t8-/m1/s1. The van der Waals surface area contributed by atoms with Crippen LogP contribution >= 0.6 is 11.8 Å². The van der Waals surface area contributed by atoms with Crippen molar-refractivity contribution < 1.29 is 22.8 Å². The Morgan fingerprint density at radius 2 is 1.93 bits per heavy atom. The quantitative estimate of drug-likeness (QED) is 0.389. The number of hydrogen-bond acceptors (Lipinski definition) is 6. The van der Waals surface area contributed by atoms with Crippen molar-refractivity contribution in [3.63, 3.8) is 0 Å². The zero-order valence-electron chi connectivity index (χ0n) is 14.3. The molecule has 0 fully saturated rings. The maximum atomic E-state index is 13.5. The summed E-state index contributed by atoms with van der Waals surface area (Å²) in [5.74, 6) is -5.62. The van der Waals surface area contributed by atoms with Gasteiger partial charge in [-0.25, -0.2) is 23.1 Å². The van der Waals surface area contributed by atoms with Crippen molar-refractivity contribution in [2.45, 2.75) is 24.3 Å². The predicted molar refractivity (Wildman–Crippen MR) is 94.5 cm³/mol. The number of nitrogens with two attached hydrogens (primary N) is 1. The SMILES string of the molecule is Cc1cc(N)nc(S[C@H](C)C(=O)NCC(=O)Nc2ccc(F)c(F)c2F)n1. The summed E-state index contributed by atoms with van der Waals surface area (Å²) in [7, 11) is 0. The molecule has 0 spiro atoms. The molecule has 27 heavy (non-hydrogen) atoms. The van der Waals surface area contributed by atoms with Crippen molar-refractivity contribution in [3.8, 4) is 0 Å². The maximum Gasteiger partial charge on any atom is 0.243 e. The summed E-state index contributed by atoms with van der Waals surface area (Å²) < 4.78 is 39.5. The minimum absolute atomic E-state index is 0.269. The average molecular weight is 399 g/mol. The second kappa shape index (κ2) is 8.71. The number of halogens is 3. The summed E-state index contributed by atoms with van der Waals surface area (Å²) in [6.45, 7) is 2.82. The van der Waals surface area contributed by atoms with Gasteiger partial charge in [0.25, 0.3) is 0 Å². The molecular formula is C16H16F3N5O2S. The van der Waals surface area contributed by atoms with Gasteiger partial charge in [-0.3, -0.25) is 9.59 Å². The van der Waals surface area contributed by atoms with E-state index < -0.39 is 46.7 Å². The summed E-state index contributed by atoms with van der Waals surface area (Å²) in [6.07, 6.45) is 0. The Kier molecular flexibility index (Phi) is 6.61. The van der Waals surface area contributed by atoms with Crippen molar-refractivity contribution in [2.75, 3.05) is 17.6 Å². The van der Waals surface area contributed by atoms with Crippen LogP contribution in [-0.4, -0.2) is 33.6 Å². The molecular weight excluding hydrogens is 383 g/mol. The molecule has 1 atom stereocenters. The van der Waals surface area contributed by atoms with Crippen LogP contribution in [0.3, 0.4) is 0 Å². The Balaban J connectivity index is 1.89. The Labute approximate surface area is 156 Å². The molecule has 1 aromatic heterocycles. The minimum atomic E-state index is -1.70. The molecule has 1 heterocycles. The number of benzene rings is 1. The van der Waals surface area contributed by atoms with Crippen molar-refractivity contribution >= 4 is 35.1 Å². The van der Waals surface area contributed by atoms with E-state index >= 15 is 0 Å². The number of thioether (sulfide) groups is 1. The van der Waals surface area contributed by atoms with Gasteiger partial charge in [0.1, 0.15) is 5.82 Å². The lowest BCUT2D eigenvalue weighted by molar-refractivity contribution is -0.123. The highest BCUT2D eigenvalue weighted by Crippen LogP contribution is 2.21. The number of carbonyl (C=O) groups is 2. The fourth-order valence-corrected chi connectivity index (χ4v) is 2.82. The lowest BCUT2D eigenvalue weighted by Gasteiger charge is -2.12. The minimum Gasteiger partial charge on any atom is -0.384 e. The highest BCUT2D eigenvalue weighted by molar-refractivity contribution is 8.00. The first-order valence-corrected chi connectivity index (χ1v) is 8.54. The van der Waals surface area contributed by atoms with Gasteiger partial charge in [0, 0.05) is 11.8 Å². The molecule has 0 radical (unpaired) electrons. The largest absolute Gasteiger partial charge is 0.384 e. The molecule has 2 aromatic rings. The van der Waals surface area contributed by atoms with Crippen LogP contribution in [0.2, 0.25) is 0 Å². The van der Waals surface area contributed by atoms with Crippen molar-refractivity contribution in [1.29, 1.82) is 0 Å². The van der Waals surface area contributed by atoms with E-state index in [2.05, 4.69) is 20.6 Å². The first-order valence-electron chi connectivity index (χ1n) is 7.66. The van der Waals surface area contributed by atoms with Crippen molar-refractivity contribution in [3.05, 3.63) is 41.3 Å². The number of nitrogens with zero attached hydrogens (tertiary/aromatic N) is 2. The fraction of sp³-hybridized carbons (Fsp3) is 0.250. The number of aromatic nitrogens is 2. The Morgan fingerprint density at radius 3 is 2.59 bits per heavy atom. The van der Waals surface area contributed by atoms with Crippen LogP contribution in [0.4, 0.5) is 24.7 Å². The van der Waals surface area contributed by atoms with Crippen LogP contribution in [0, 0.1) is 24.4 Å². The Morgan fingerprint density at radius 1 is 1.22 bits per heavy atom. The van der Waals surface area contributed by atoms with E-state index in [1.54, 1.807) is 19.9 Å². The van der Waals surface area contributed by atoms with Crippen LogP contribution in [-0.2, 0) is 9.59 Å². The molecule has 0 aliphatic rings. The maximum absolute atomic E-state index is 13.5. The molecule has 2 rings (SSSR count). The summed E-state index contributed by atoms with van der Waals surface area (Å²) in [5, 5.41) is 4.07. The summed E-state index contributed by atoms with van der Waals surface area (Å²) in [4.78, 5) is 32.0. The van der Waals surface area contributed by atoms with E-state index in [0.29, 0.717) is 16.9 Å². The van der Waals surface area contributed by atoms with Crippen molar-refractivity contribution in [2.24, 2.45) is 0 Å². The van der Waals surface area contributed by atoms with Crippen LogP contribution in [0.25, 0.3) is 0 Å². The van der Waals surface area contributed by atoms with Gasteiger partial charge < -0.3 is 16.4 Å². The van der Waals surface area contributed by atoms with Crippen LogP contribution in [0.5, 0.6) is 0 Å². The third-order valence-corrected chi connectivity index (χ3v) is 4.20. The first-order chi connectivity index (χ1) is 12.7. The van der Waals surface area contributed by atoms with Gasteiger partial charge in [0.15, 0.2) is 22.6 Å². The number of aryl methyl sites for hydroxylation is 1. The molecule has 0 aliphatic carbocycles. The second-order valence-electron chi connectivity index (χ2n) is 5.47. The van der Waals surface area contributed by atoms with Gasteiger partial charge in [0.2, 0.25) is 11.8 Å². The predicted octanol–water partition coefficient (Wildman–Crippen LogP) is 2.02. The Hall–Kier alpha value is -2.82. The number of hydrogen-bond donors (Lipinski definition) is 3. The van der Waals surface area contributed by atoms with Gasteiger partial charge in [0.05, 0.1) is 17.5 Å². The van der Waals surface area contributed by atoms with E-state index in [1.165, 1.54) is 0 Å². The molecule has 0 unspecified atom stereocenters. The number of anilines is 2. The smallest absolute Gasteiger partial charge is 0.243 e. The number of amides is 2. The van der Waals surface area contributed by atoms with Crippen molar-refractivity contribution in [1.82, 2.24) is 15.3 Å². The topological polar surface area (TPSA) is 110 Å². The van der Waals surface area contributed by atoms with Crippen LogP contribution < -0.4 is 16.4 Å². The zero-order valence-corrected chi connectivity index (χ0v) is 15.2. The van der Waals surface area contributed by atoms with Gasteiger partial charge >= 0.3 is 0 Å². The average Bonchev–Trinajstić information content (AvgIpc) is 2.59. The molecule has 4 N–H and O–H groups in total. The highest BCUT2D eigenvalue weighted by Gasteiger charge is 2.19. The fourth-order valence-electron chi connectivity index (χ4n) is 1.96. The molecule has 0 aliphatic heterocycles. The molecule has 0 saturated heterocycles. The summed E-state index contributed by atoms with van der Waals surface area (Å²) >= 11 is 1.04. The highest BCUT2D eigenvalue weighted by atomic mass is 32.2. The van der Waals surface area contributed by atoms with E-state index in [9.17, 15) is 22.8 Å². The molecule has 144 valence electrons. The lowest BCUT2D eigenvalue weighted by Crippen LogP contribution is -2.37. The molecule has 7 nitrogen and oxygen atoms in total.